The van der Waals surface area contributed by atoms with Crippen molar-refractivity contribution in [3.63, 3.8) is 0 Å². The molecule has 2 N–H and O–H groups in total. The van der Waals surface area contributed by atoms with E-state index in [1.54, 1.807) is 20.3 Å². The number of hydrogen-bond acceptors (Lipinski definition) is 5. The molecule has 0 spiro atoms. The first kappa shape index (κ1) is 13.7. The summed E-state index contributed by atoms with van der Waals surface area (Å²) in [4.78, 5) is 21.9. The lowest BCUT2D eigenvalue weighted by molar-refractivity contribution is 0.0154. The first-order valence-corrected chi connectivity index (χ1v) is 6.52. The molecule has 0 radical (unpaired) electrons. The van der Waals surface area contributed by atoms with Gasteiger partial charge in [0.2, 0.25) is 0 Å². The summed E-state index contributed by atoms with van der Waals surface area (Å²) in [5, 5.41) is 13.2. The number of anilines is 1. The lowest BCUT2D eigenvalue weighted by Gasteiger charge is -2.28. The van der Waals surface area contributed by atoms with Crippen LogP contribution in [0.4, 0.5) is 5.82 Å². The molecule has 0 unspecified atom stereocenters. The molecule has 2 rings (SSSR count). The number of carbonyl (C=O) groups is 1. The molecule has 1 aromatic rings. The molecule has 0 atom stereocenters. The maximum absolute atomic E-state index is 12.2. The molecule has 104 valence electrons. The van der Waals surface area contributed by atoms with E-state index < -0.39 is 5.60 Å². The average molecular weight is 264 g/mol. The molecular weight excluding hydrogens is 244 g/mol. The summed E-state index contributed by atoms with van der Waals surface area (Å²) >= 11 is 0. The fraction of sp³-hybridized carbons (Fsp3) is 0.615. The highest BCUT2D eigenvalue weighted by atomic mass is 16.3. The number of rotatable bonds is 4. The number of nitrogens with zero attached hydrogens (tertiary/aromatic N) is 3. The Morgan fingerprint density at radius 2 is 2.16 bits per heavy atom. The zero-order valence-corrected chi connectivity index (χ0v) is 11.4. The normalized spacial score (nSPS) is 17.2. The van der Waals surface area contributed by atoms with Crippen LogP contribution in [0.2, 0.25) is 0 Å². The Bertz CT molecular complexity index is 458. The van der Waals surface area contributed by atoms with Crippen LogP contribution in [0.25, 0.3) is 0 Å². The van der Waals surface area contributed by atoms with Crippen molar-refractivity contribution in [1.82, 2.24) is 14.9 Å². The maximum atomic E-state index is 12.2. The Morgan fingerprint density at radius 3 is 2.79 bits per heavy atom. The van der Waals surface area contributed by atoms with Crippen molar-refractivity contribution in [2.24, 2.45) is 0 Å². The molecule has 0 bridgehead atoms. The van der Waals surface area contributed by atoms with Gasteiger partial charge in [-0.05, 0) is 12.8 Å². The number of aromatic nitrogens is 2. The van der Waals surface area contributed by atoms with Gasteiger partial charge < -0.3 is 15.3 Å². The highest BCUT2D eigenvalue weighted by Crippen LogP contribution is 2.30. The molecular formula is C13H20N4O2. The minimum absolute atomic E-state index is 0.218. The second-order valence-electron chi connectivity index (χ2n) is 5.13. The van der Waals surface area contributed by atoms with Crippen LogP contribution in [0, 0.1) is 0 Å². The second-order valence-corrected chi connectivity index (χ2v) is 5.13. The Morgan fingerprint density at radius 1 is 1.47 bits per heavy atom. The summed E-state index contributed by atoms with van der Waals surface area (Å²) in [6.07, 6.45) is 6.56. The molecule has 6 nitrogen and oxygen atoms in total. The van der Waals surface area contributed by atoms with Crippen LogP contribution >= 0.6 is 0 Å². The van der Waals surface area contributed by atoms with Crippen LogP contribution in [0.5, 0.6) is 0 Å². The number of hydrogen-bond donors (Lipinski definition) is 2. The van der Waals surface area contributed by atoms with E-state index in [-0.39, 0.29) is 11.6 Å². The largest absolute Gasteiger partial charge is 0.388 e. The third-order valence-electron chi connectivity index (χ3n) is 3.52. The second kappa shape index (κ2) is 5.52. The lowest BCUT2D eigenvalue weighted by Crippen LogP contribution is -2.42. The van der Waals surface area contributed by atoms with E-state index in [1.807, 2.05) is 0 Å². The summed E-state index contributed by atoms with van der Waals surface area (Å²) in [6, 6.07) is 0. The van der Waals surface area contributed by atoms with E-state index in [2.05, 4.69) is 15.3 Å². The predicted octanol–water partition coefficient (Wildman–Crippen LogP) is 0.895. The van der Waals surface area contributed by atoms with Crippen molar-refractivity contribution in [3.8, 4) is 0 Å². The minimum atomic E-state index is -0.738. The summed E-state index contributed by atoms with van der Waals surface area (Å²) in [7, 11) is 3.41. The summed E-state index contributed by atoms with van der Waals surface area (Å²) in [6.45, 7) is 0.345. The van der Waals surface area contributed by atoms with Gasteiger partial charge in [-0.25, -0.2) is 4.98 Å². The first-order valence-electron chi connectivity index (χ1n) is 6.52. The zero-order valence-electron chi connectivity index (χ0n) is 11.4. The van der Waals surface area contributed by atoms with Crippen LogP contribution in [0.1, 0.15) is 36.2 Å². The van der Waals surface area contributed by atoms with E-state index in [0.717, 1.165) is 25.7 Å². The van der Waals surface area contributed by atoms with Gasteiger partial charge in [-0.15, -0.1) is 0 Å². The molecule has 1 amide bonds. The Hall–Kier alpha value is -1.69. The number of likely N-dealkylation sites (N-methyl/N-ethyl adjacent to an activating group) is 1. The van der Waals surface area contributed by atoms with Gasteiger partial charge >= 0.3 is 0 Å². The molecule has 1 aliphatic carbocycles. The molecule has 1 aliphatic rings. The maximum Gasteiger partial charge on any atom is 0.273 e. The topological polar surface area (TPSA) is 78.4 Å². The number of aliphatic hydroxyl groups is 1. The van der Waals surface area contributed by atoms with E-state index in [9.17, 15) is 9.90 Å². The van der Waals surface area contributed by atoms with Crippen LogP contribution in [0.15, 0.2) is 12.4 Å². The van der Waals surface area contributed by atoms with Gasteiger partial charge in [0.05, 0.1) is 18.0 Å². The van der Waals surface area contributed by atoms with Crippen LogP contribution in [-0.4, -0.2) is 52.1 Å². The molecule has 1 saturated carbocycles. The summed E-state index contributed by atoms with van der Waals surface area (Å²) in [5.74, 6) is 0.337. The summed E-state index contributed by atoms with van der Waals surface area (Å²) < 4.78 is 0. The van der Waals surface area contributed by atoms with Gasteiger partial charge in [-0.1, -0.05) is 12.8 Å². The highest BCUT2D eigenvalue weighted by molar-refractivity contribution is 5.92. The fourth-order valence-electron chi connectivity index (χ4n) is 2.49. The SMILES string of the molecule is CNc1cncc(C(=O)N(C)CC2(O)CCCC2)n1. The van der Waals surface area contributed by atoms with Gasteiger partial charge in [0.25, 0.3) is 5.91 Å². The predicted molar refractivity (Wildman–Crippen MR) is 72.0 cm³/mol. The van der Waals surface area contributed by atoms with E-state index in [1.165, 1.54) is 11.1 Å². The third-order valence-corrected chi connectivity index (χ3v) is 3.52. The smallest absolute Gasteiger partial charge is 0.273 e. The van der Waals surface area contributed by atoms with E-state index >= 15 is 0 Å². The van der Waals surface area contributed by atoms with Gasteiger partial charge in [-0.2, -0.15) is 0 Å². The molecule has 1 aromatic heterocycles. The van der Waals surface area contributed by atoms with Gasteiger partial charge in [0.15, 0.2) is 0 Å². The number of nitrogens with one attached hydrogen (secondary N) is 1. The lowest BCUT2D eigenvalue weighted by atomic mass is 10.0. The molecule has 19 heavy (non-hydrogen) atoms. The standard InChI is InChI=1S/C13H20N4O2/c1-14-11-8-15-7-10(16-11)12(18)17(2)9-13(19)5-3-4-6-13/h7-8,19H,3-6,9H2,1-2H3,(H,14,16). The van der Waals surface area contributed by atoms with Gasteiger partial charge in [0.1, 0.15) is 11.5 Å². The van der Waals surface area contributed by atoms with Crippen molar-refractivity contribution < 1.29 is 9.90 Å². The Balaban J connectivity index is 2.05. The van der Waals surface area contributed by atoms with Crippen molar-refractivity contribution >= 4 is 11.7 Å². The summed E-state index contributed by atoms with van der Waals surface area (Å²) in [5.41, 5.74) is -0.450. The number of amides is 1. The minimum Gasteiger partial charge on any atom is -0.388 e. The van der Waals surface area contributed by atoms with Crippen LogP contribution in [0.3, 0.4) is 0 Å². The van der Waals surface area contributed by atoms with Gasteiger partial charge in [-0.3, -0.25) is 9.78 Å². The fourth-order valence-corrected chi connectivity index (χ4v) is 2.49. The molecule has 0 aromatic carbocycles. The average Bonchev–Trinajstić information content (AvgIpc) is 2.84. The molecule has 0 aliphatic heterocycles. The van der Waals surface area contributed by atoms with Crippen molar-refractivity contribution in [2.45, 2.75) is 31.3 Å². The Kier molecular flexibility index (Phi) is 3.99. The van der Waals surface area contributed by atoms with Gasteiger partial charge in [0, 0.05) is 20.6 Å². The quantitative estimate of drug-likeness (QED) is 0.844. The third kappa shape index (κ3) is 3.20. The molecule has 1 fully saturated rings. The zero-order chi connectivity index (χ0) is 13.9. The molecule has 6 heteroatoms. The molecule has 0 saturated heterocycles. The molecule has 1 heterocycles. The highest BCUT2D eigenvalue weighted by Gasteiger charge is 2.33. The van der Waals surface area contributed by atoms with Crippen molar-refractivity contribution in [2.75, 3.05) is 26.0 Å². The van der Waals surface area contributed by atoms with Crippen LogP contribution in [-0.2, 0) is 0 Å². The van der Waals surface area contributed by atoms with E-state index in [4.69, 9.17) is 0 Å². The monoisotopic (exact) mass is 264 g/mol. The van der Waals surface area contributed by atoms with Crippen molar-refractivity contribution in [3.05, 3.63) is 18.1 Å². The Labute approximate surface area is 112 Å². The first-order chi connectivity index (χ1) is 9.04. The van der Waals surface area contributed by atoms with Crippen molar-refractivity contribution in [1.29, 1.82) is 0 Å². The van der Waals surface area contributed by atoms with E-state index in [0.29, 0.717) is 12.4 Å². The number of carbonyl (C=O) groups excluding carboxylic acids is 1. The van der Waals surface area contributed by atoms with Crippen LogP contribution < -0.4 is 5.32 Å².